The van der Waals surface area contributed by atoms with E-state index in [2.05, 4.69) is 10.3 Å². The molecule has 108 valence electrons. The van der Waals surface area contributed by atoms with Gasteiger partial charge in [-0.1, -0.05) is 18.9 Å². The topological polar surface area (TPSA) is 42.9 Å². The van der Waals surface area contributed by atoms with Crippen molar-refractivity contribution in [3.8, 4) is 5.75 Å². The van der Waals surface area contributed by atoms with Crippen LogP contribution in [0, 0.1) is 0 Å². The van der Waals surface area contributed by atoms with Crippen molar-refractivity contribution in [1.29, 1.82) is 0 Å². The van der Waals surface area contributed by atoms with E-state index in [1.165, 1.54) is 38.5 Å². The van der Waals surface area contributed by atoms with Gasteiger partial charge in [0.2, 0.25) is 0 Å². The summed E-state index contributed by atoms with van der Waals surface area (Å²) in [7, 11) is 0. The van der Waals surface area contributed by atoms with Crippen LogP contribution in [0.2, 0.25) is 0 Å². The van der Waals surface area contributed by atoms with Crippen molar-refractivity contribution < 1.29 is 9.47 Å². The first kappa shape index (κ1) is 13.3. The predicted molar refractivity (Wildman–Crippen MR) is 80.4 cm³/mol. The molecule has 4 nitrogen and oxygen atoms in total. The zero-order chi connectivity index (χ0) is 13.6. The summed E-state index contributed by atoms with van der Waals surface area (Å²) in [4.78, 5) is 4.23. The van der Waals surface area contributed by atoms with E-state index in [-0.39, 0.29) is 0 Å². The summed E-state index contributed by atoms with van der Waals surface area (Å²) in [6.07, 6.45) is 7.98. The van der Waals surface area contributed by atoms with E-state index >= 15 is 0 Å². The molecule has 1 fully saturated rings. The molecule has 1 aliphatic carbocycles. The Morgan fingerprint density at radius 2 is 2.00 bits per heavy atom. The normalized spacial score (nSPS) is 19.9. The standard InChI is InChI=1S/C16H22N2O2/c1-2-4-8-14(7-3-1)20-15-9-5-6-13(12-15)18-16-17-10-11-19-16/h5-6,9,12,14H,1-4,7-8,10-11H2,(H,17,18). The minimum absolute atomic E-state index is 0.368. The van der Waals surface area contributed by atoms with Gasteiger partial charge < -0.3 is 14.8 Å². The molecule has 4 heteroatoms. The maximum atomic E-state index is 6.12. The predicted octanol–water partition coefficient (Wildman–Crippen LogP) is 3.59. The summed E-state index contributed by atoms with van der Waals surface area (Å²) in [5.41, 5.74) is 0.969. The quantitative estimate of drug-likeness (QED) is 0.857. The molecule has 3 rings (SSSR count). The molecular weight excluding hydrogens is 252 g/mol. The van der Waals surface area contributed by atoms with E-state index in [1.54, 1.807) is 0 Å². The Morgan fingerprint density at radius 1 is 1.15 bits per heavy atom. The van der Waals surface area contributed by atoms with Crippen LogP contribution in [0.3, 0.4) is 0 Å². The fourth-order valence-corrected chi connectivity index (χ4v) is 2.73. The summed E-state index contributed by atoms with van der Waals surface area (Å²) < 4.78 is 11.5. The van der Waals surface area contributed by atoms with Crippen LogP contribution in [0.1, 0.15) is 38.5 Å². The molecular formula is C16H22N2O2. The second kappa shape index (κ2) is 6.64. The van der Waals surface area contributed by atoms with E-state index in [4.69, 9.17) is 9.47 Å². The maximum Gasteiger partial charge on any atom is 0.289 e. The Hall–Kier alpha value is -1.71. The minimum atomic E-state index is 0.368. The Labute approximate surface area is 120 Å². The Kier molecular flexibility index (Phi) is 4.41. The van der Waals surface area contributed by atoms with Crippen molar-refractivity contribution in [1.82, 2.24) is 0 Å². The second-order valence-corrected chi connectivity index (χ2v) is 5.42. The molecule has 20 heavy (non-hydrogen) atoms. The number of amidine groups is 1. The molecule has 0 atom stereocenters. The molecule has 1 heterocycles. The summed E-state index contributed by atoms with van der Waals surface area (Å²) >= 11 is 0. The molecule has 0 amide bonds. The van der Waals surface area contributed by atoms with Crippen LogP contribution in [0.4, 0.5) is 5.69 Å². The molecule has 0 aromatic heterocycles. The monoisotopic (exact) mass is 274 g/mol. The van der Waals surface area contributed by atoms with Crippen LogP contribution in [0.25, 0.3) is 0 Å². The third-order valence-corrected chi connectivity index (χ3v) is 3.78. The van der Waals surface area contributed by atoms with Crippen LogP contribution in [-0.2, 0) is 4.74 Å². The number of hydrogen-bond acceptors (Lipinski definition) is 4. The smallest absolute Gasteiger partial charge is 0.289 e. The van der Waals surface area contributed by atoms with Crippen molar-refractivity contribution in [3.05, 3.63) is 24.3 Å². The van der Waals surface area contributed by atoms with Crippen LogP contribution in [-0.4, -0.2) is 25.3 Å². The highest BCUT2D eigenvalue weighted by Gasteiger charge is 2.14. The molecule has 1 saturated carbocycles. The van der Waals surface area contributed by atoms with Crippen molar-refractivity contribution in [2.75, 3.05) is 18.5 Å². The van der Waals surface area contributed by atoms with Gasteiger partial charge in [0.15, 0.2) is 0 Å². The highest BCUT2D eigenvalue weighted by Crippen LogP contribution is 2.24. The molecule has 1 aliphatic heterocycles. The number of nitrogens with zero attached hydrogens (tertiary/aromatic N) is 1. The lowest BCUT2D eigenvalue weighted by molar-refractivity contribution is 0.184. The molecule has 0 radical (unpaired) electrons. The Balaban J connectivity index is 1.61. The van der Waals surface area contributed by atoms with E-state index in [9.17, 15) is 0 Å². The van der Waals surface area contributed by atoms with Crippen LogP contribution in [0.15, 0.2) is 29.3 Å². The fraction of sp³-hybridized carbons (Fsp3) is 0.562. The second-order valence-electron chi connectivity index (χ2n) is 5.42. The highest BCUT2D eigenvalue weighted by atomic mass is 16.5. The van der Waals surface area contributed by atoms with Crippen molar-refractivity contribution in [2.45, 2.75) is 44.6 Å². The molecule has 1 N–H and O–H groups in total. The SMILES string of the molecule is c1cc(NC2=NCCO2)cc(OC2CCCCCC2)c1. The number of benzene rings is 1. The third-order valence-electron chi connectivity index (χ3n) is 3.78. The minimum Gasteiger partial charge on any atom is -0.490 e. The first-order chi connectivity index (χ1) is 9.90. The largest absolute Gasteiger partial charge is 0.490 e. The maximum absolute atomic E-state index is 6.12. The molecule has 0 unspecified atom stereocenters. The molecule has 0 spiro atoms. The lowest BCUT2D eigenvalue weighted by atomic mass is 10.1. The van der Waals surface area contributed by atoms with Crippen molar-refractivity contribution in [3.63, 3.8) is 0 Å². The van der Waals surface area contributed by atoms with Gasteiger partial charge in [0.1, 0.15) is 12.4 Å². The number of anilines is 1. The lowest BCUT2D eigenvalue weighted by Crippen LogP contribution is -2.15. The van der Waals surface area contributed by atoms with Crippen LogP contribution < -0.4 is 10.1 Å². The summed E-state index contributed by atoms with van der Waals surface area (Å²) in [6, 6.07) is 8.66. The van der Waals surface area contributed by atoms with E-state index < -0.39 is 0 Å². The van der Waals surface area contributed by atoms with E-state index in [0.717, 1.165) is 18.0 Å². The van der Waals surface area contributed by atoms with Crippen LogP contribution in [0.5, 0.6) is 5.75 Å². The van der Waals surface area contributed by atoms with Gasteiger partial charge in [-0.3, -0.25) is 0 Å². The third kappa shape index (κ3) is 3.65. The van der Waals surface area contributed by atoms with Crippen molar-refractivity contribution >= 4 is 11.7 Å². The van der Waals surface area contributed by atoms with E-state index in [0.29, 0.717) is 18.7 Å². The number of aliphatic imine (C=N–C) groups is 1. The first-order valence-electron chi connectivity index (χ1n) is 7.61. The molecule has 0 bridgehead atoms. The van der Waals surface area contributed by atoms with Gasteiger partial charge in [-0.2, -0.15) is 0 Å². The average molecular weight is 274 g/mol. The Morgan fingerprint density at radius 3 is 2.75 bits per heavy atom. The number of nitrogens with one attached hydrogen (secondary N) is 1. The average Bonchev–Trinajstić information content (AvgIpc) is 2.82. The van der Waals surface area contributed by atoms with Gasteiger partial charge in [0.05, 0.1) is 12.6 Å². The molecule has 2 aliphatic rings. The zero-order valence-electron chi connectivity index (χ0n) is 11.8. The Bertz CT molecular complexity index is 465. The van der Waals surface area contributed by atoms with Crippen molar-refractivity contribution in [2.24, 2.45) is 4.99 Å². The highest BCUT2D eigenvalue weighted by molar-refractivity contribution is 5.89. The van der Waals surface area contributed by atoms with Gasteiger partial charge in [0, 0.05) is 11.8 Å². The molecule has 1 aromatic rings. The zero-order valence-corrected chi connectivity index (χ0v) is 11.8. The number of rotatable bonds is 3. The summed E-state index contributed by atoms with van der Waals surface area (Å²) in [6.45, 7) is 1.40. The molecule has 0 saturated heterocycles. The van der Waals surface area contributed by atoms with E-state index in [1.807, 2.05) is 24.3 Å². The number of hydrogen-bond donors (Lipinski definition) is 1. The first-order valence-corrected chi connectivity index (χ1v) is 7.61. The summed E-state index contributed by atoms with van der Waals surface area (Å²) in [5, 5.41) is 3.18. The lowest BCUT2D eigenvalue weighted by Gasteiger charge is -2.17. The molecule has 1 aromatic carbocycles. The fourth-order valence-electron chi connectivity index (χ4n) is 2.73. The number of ether oxygens (including phenoxy) is 2. The van der Waals surface area contributed by atoms with Gasteiger partial charge in [-0.15, -0.1) is 0 Å². The van der Waals surface area contributed by atoms with Crippen LogP contribution >= 0.6 is 0 Å². The van der Waals surface area contributed by atoms with Gasteiger partial charge in [0.25, 0.3) is 6.02 Å². The van der Waals surface area contributed by atoms with Gasteiger partial charge >= 0.3 is 0 Å². The summed E-state index contributed by atoms with van der Waals surface area (Å²) in [5.74, 6) is 0.931. The van der Waals surface area contributed by atoms with Gasteiger partial charge in [-0.25, -0.2) is 4.99 Å². The van der Waals surface area contributed by atoms with Gasteiger partial charge in [-0.05, 0) is 37.8 Å².